The van der Waals surface area contributed by atoms with E-state index in [2.05, 4.69) is 47.4 Å². The molecular formula is C10H6Br2F2N4S. The average molecular weight is 412 g/mol. The van der Waals surface area contributed by atoms with Crippen molar-refractivity contribution in [1.82, 2.24) is 4.98 Å². The van der Waals surface area contributed by atoms with Gasteiger partial charge in [0.15, 0.2) is 0 Å². The summed E-state index contributed by atoms with van der Waals surface area (Å²) in [5, 5.41) is 5.94. The summed E-state index contributed by atoms with van der Waals surface area (Å²) in [5.41, 5.74) is 8.16. The predicted octanol–water partition coefficient (Wildman–Crippen LogP) is 3.97. The lowest BCUT2D eigenvalue weighted by molar-refractivity contribution is 0.569. The van der Waals surface area contributed by atoms with Gasteiger partial charge in [0.2, 0.25) is 5.13 Å². The van der Waals surface area contributed by atoms with E-state index in [1.54, 1.807) is 5.38 Å². The molecule has 0 unspecified atom stereocenters. The lowest BCUT2D eigenvalue weighted by Gasteiger charge is -2.04. The zero-order chi connectivity index (χ0) is 14.0. The Morgan fingerprint density at radius 1 is 1.42 bits per heavy atom. The number of aromatic nitrogens is 1. The molecule has 19 heavy (non-hydrogen) atoms. The lowest BCUT2D eigenvalue weighted by Crippen LogP contribution is -1.97. The van der Waals surface area contributed by atoms with Crippen LogP contribution in [-0.4, -0.2) is 11.2 Å². The van der Waals surface area contributed by atoms with Crippen molar-refractivity contribution < 1.29 is 8.78 Å². The first kappa shape index (κ1) is 14.4. The molecule has 0 saturated carbocycles. The molecule has 0 radical (unpaired) electrons. The number of rotatable bonds is 3. The van der Waals surface area contributed by atoms with Crippen molar-refractivity contribution in [2.24, 2.45) is 5.10 Å². The van der Waals surface area contributed by atoms with Gasteiger partial charge >= 0.3 is 0 Å². The molecule has 2 rings (SSSR count). The van der Waals surface area contributed by atoms with Gasteiger partial charge in [0, 0.05) is 15.4 Å². The topological polar surface area (TPSA) is 63.3 Å². The molecule has 0 bridgehead atoms. The number of thiazole rings is 1. The van der Waals surface area contributed by atoms with Crippen molar-refractivity contribution in [3.05, 3.63) is 37.6 Å². The number of hydrogen-bond acceptors (Lipinski definition) is 5. The van der Waals surface area contributed by atoms with Crippen LogP contribution in [0.3, 0.4) is 0 Å². The second-order valence-corrected chi connectivity index (χ2v) is 5.83. The zero-order valence-electron chi connectivity index (χ0n) is 9.12. The second-order valence-electron chi connectivity index (χ2n) is 3.33. The molecule has 0 atom stereocenters. The summed E-state index contributed by atoms with van der Waals surface area (Å²) in [6, 6.07) is 1.15. The van der Waals surface area contributed by atoms with Crippen LogP contribution in [-0.2, 0) is 0 Å². The van der Waals surface area contributed by atoms with E-state index in [4.69, 9.17) is 5.73 Å². The third-order valence-corrected chi connectivity index (χ3v) is 4.17. The van der Waals surface area contributed by atoms with E-state index >= 15 is 0 Å². The van der Waals surface area contributed by atoms with Crippen LogP contribution in [0.15, 0.2) is 25.5 Å². The van der Waals surface area contributed by atoms with E-state index in [0.717, 1.165) is 6.07 Å². The quantitative estimate of drug-likeness (QED) is 0.347. The van der Waals surface area contributed by atoms with Gasteiger partial charge < -0.3 is 5.73 Å². The Bertz CT molecular complexity index is 645. The second kappa shape index (κ2) is 5.93. The number of nitrogens with zero attached hydrogens (tertiary/aromatic N) is 2. The smallest absolute Gasteiger partial charge is 0.205 e. The summed E-state index contributed by atoms with van der Waals surface area (Å²) in [5.74, 6) is -1.06. The van der Waals surface area contributed by atoms with Gasteiger partial charge in [0.1, 0.15) is 17.5 Å². The van der Waals surface area contributed by atoms with E-state index < -0.39 is 11.6 Å². The Morgan fingerprint density at radius 2 is 2.16 bits per heavy atom. The normalized spacial score (nSPS) is 11.2. The summed E-state index contributed by atoms with van der Waals surface area (Å²) >= 11 is 7.16. The highest BCUT2D eigenvalue weighted by molar-refractivity contribution is 9.11. The van der Waals surface area contributed by atoms with Crippen LogP contribution in [0.2, 0.25) is 0 Å². The van der Waals surface area contributed by atoms with Crippen LogP contribution >= 0.6 is 43.2 Å². The van der Waals surface area contributed by atoms with Crippen molar-refractivity contribution >= 4 is 60.4 Å². The molecule has 0 aliphatic heterocycles. The first-order valence-electron chi connectivity index (χ1n) is 4.82. The summed E-state index contributed by atoms with van der Waals surface area (Å²) in [6.45, 7) is 0. The van der Waals surface area contributed by atoms with Gasteiger partial charge in [-0.05, 0) is 37.9 Å². The third kappa shape index (κ3) is 3.28. The highest BCUT2D eigenvalue weighted by Crippen LogP contribution is 2.28. The largest absolute Gasteiger partial charge is 0.383 e. The molecule has 0 fully saturated rings. The van der Waals surface area contributed by atoms with Gasteiger partial charge in [0.25, 0.3) is 0 Å². The van der Waals surface area contributed by atoms with Gasteiger partial charge in [-0.3, -0.25) is 5.43 Å². The number of nitrogens with one attached hydrogen (secondary N) is 1. The first-order chi connectivity index (χ1) is 8.99. The number of nitrogen functional groups attached to an aromatic ring is 1. The maximum absolute atomic E-state index is 13.8. The van der Waals surface area contributed by atoms with E-state index in [0.29, 0.717) is 10.9 Å². The van der Waals surface area contributed by atoms with Gasteiger partial charge in [-0.25, -0.2) is 13.8 Å². The van der Waals surface area contributed by atoms with Gasteiger partial charge in [-0.2, -0.15) is 5.10 Å². The van der Waals surface area contributed by atoms with Crippen molar-refractivity contribution in [2.45, 2.75) is 0 Å². The Morgan fingerprint density at radius 3 is 2.79 bits per heavy atom. The fourth-order valence-corrected chi connectivity index (χ4v) is 2.54. The Balaban J connectivity index is 2.21. The number of hydrogen-bond donors (Lipinski definition) is 2. The standard InChI is InChI=1S/C10H6Br2F2N4S/c11-5-1-6(13)8(12)9(14)4(5)2-16-18-10-17-7(15)3-19-10/h1-3H,15H2,(H,17,18). The fourth-order valence-electron chi connectivity index (χ4n) is 1.19. The molecular weight excluding hydrogens is 406 g/mol. The maximum Gasteiger partial charge on any atom is 0.205 e. The van der Waals surface area contributed by atoms with Crippen molar-refractivity contribution in [3.8, 4) is 0 Å². The predicted molar refractivity (Wildman–Crippen MR) is 79.5 cm³/mol. The molecule has 100 valence electrons. The van der Waals surface area contributed by atoms with Crippen LogP contribution in [0.5, 0.6) is 0 Å². The van der Waals surface area contributed by atoms with E-state index in [-0.39, 0.29) is 14.5 Å². The Labute approximate surface area is 128 Å². The molecule has 0 saturated heterocycles. The number of benzene rings is 1. The molecule has 4 nitrogen and oxygen atoms in total. The van der Waals surface area contributed by atoms with Crippen LogP contribution in [0, 0.1) is 11.6 Å². The van der Waals surface area contributed by atoms with Crippen LogP contribution in [0.1, 0.15) is 5.56 Å². The number of anilines is 2. The van der Waals surface area contributed by atoms with Crippen molar-refractivity contribution in [2.75, 3.05) is 11.2 Å². The molecule has 0 amide bonds. The number of hydrazone groups is 1. The zero-order valence-corrected chi connectivity index (χ0v) is 13.1. The minimum atomic E-state index is -0.740. The summed E-state index contributed by atoms with van der Waals surface area (Å²) < 4.78 is 27.0. The molecule has 1 aromatic heterocycles. The highest BCUT2D eigenvalue weighted by atomic mass is 79.9. The molecule has 2 aromatic rings. The molecule has 1 heterocycles. The summed E-state index contributed by atoms with van der Waals surface area (Å²) in [4.78, 5) is 3.92. The minimum Gasteiger partial charge on any atom is -0.383 e. The summed E-state index contributed by atoms with van der Waals surface area (Å²) in [6.07, 6.45) is 1.22. The highest BCUT2D eigenvalue weighted by Gasteiger charge is 2.14. The molecule has 1 aromatic carbocycles. The molecule has 0 spiro atoms. The maximum atomic E-state index is 13.8. The SMILES string of the molecule is Nc1csc(NN=Cc2c(Br)cc(F)c(Br)c2F)n1. The molecule has 0 aliphatic rings. The van der Waals surface area contributed by atoms with Gasteiger partial charge in [-0.15, -0.1) is 11.3 Å². The van der Waals surface area contributed by atoms with Gasteiger partial charge in [0.05, 0.1) is 10.7 Å². The average Bonchev–Trinajstić information content (AvgIpc) is 2.77. The fraction of sp³-hybridized carbons (Fsp3) is 0. The molecule has 9 heteroatoms. The molecule has 0 aliphatic carbocycles. The van der Waals surface area contributed by atoms with Crippen molar-refractivity contribution in [1.29, 1.82) is 0 Å². The monoisotopic (exact) mass is 410 g/mol. The Kier molecular flexibility index (Phi) is 4.48. The Hall–Kier alpha value is -1.06. The van der Waals surface area contributed by atoms with Crippen LogP contribution in [0.4, 0.5) is 19.7 Å². The number of halogens is 4. The van der Waals surface area contributed by atoms with E-state index in [1.165, 1.54) is 17.6 Å². The van der Waals surface area contributed by atoms with Gasteiger partial charge in [-0.1, -0.05) is 0 Å². The van der Waals surface area contributed by atoms with Crippen molar-refractivity contribution in [3.63, 3.8) is 0 Å². The number of nitrogens with two attached hydrogens (primary N) is 1. The summed E-state index contributed by atoms with van der Waals surface area (Å²) in [7, 11) is 0. The van der Waals surface area contributed by atoms with E-state index in [1.807, 2.05) is 0 Å². The van der Waals surface area contributed by atoms with Crippen LogP contribution in [0.25, 0.3) is 0 Å². The van der Waals surface area contributed by atoms with Crippen LogP contribution < -0.4 is 11.2 Å². The minimum absolute atomic E-state index is 0.116. The third-order valence-electron chi connectivity index (χ3n) is 2.03. The van der Waals surface area contributed by atoms with E-state index in [9.17, 15) is 8.78 Å². The lowest BCUT2D eigenvalue weighted by atomic mass is 10.2. The first-order valence-corrected chi connectivity index (χ1v) is 7.28. The molecule has 3 N–H and O–H groups in total.